The third-order valence-corrected chi connectivity index (χ3v) is 3.24. The van der Waals surface area contributed by atoms with Gasteiger partial charge in [-0.15, -0.1) is 12.4 Å². The standard InChI is InChI=1S/C17H26F2N2O3.ClH/c1-4-7-23-13-6-5-12(15(9-13)24-17(18)19)10-21-16(22)14(20)8-11(2)3;/h5-6,9,11,14,17H,4,7-8,10,20H2,1-3H3,(H,21,22);1H/t14-;/m0./s1. The van der Waals surface area contributed by atoms with Gasteiger partial charge in [-0.1, -0.05) is 20.8 Å². The summed E-state index contributed by atoms with van der Waals surface area (Å²) in [5, 5.41) is 2.65. The van der Waals surface area contributed by atoms with E-state index in [2.05, 4.69) is 10.1 Å². The van der Waals surface area contributed by atoms with Crippen LogP contribution >= 0.6 is 12.4 Å². The van der Waals surface area contributed by atoms with E-state index < -0.39 is 12.7 Å². The zero-order chi connectivity index (χ0) is 18.1. The molecule has 25 heavy (non-hydrogen) atoms. The summed E-state index contributed by atoms with van der Waals surface area (Å²) >= 11 is 0. The molecule has 0 radical (unpaired) electrons. The lowest BCUT2D eigenvalue weighted by Gasteiger charge is -2.16. The first-order valence-electron chi connectivity index (χ1n) is 8.07. The Morgan fingerprint density at radius 1 is 1.32 bits per heavy atom. The number of halogens is 3. The Hall–Kier alpha value is -1.60. The highest BCUT2D eigenvalue weighted by Crippen LogP contribution is 2.26. The molecule has 5 nitrogen and oxygen atoms in total. The van der Waals surface area contributed by atoms with Crippen molar-refractivity contribution >= 4 is 18.3 Å². The summed E-state index contributed by atoms with van der Waals surface area (Å²) in [7, 11) is 0. The Kier molecular flexibility index (Phi) is 11.1. The van der Waals surface area contributed by atoms with Gasteiger partial charge in [0.2, 0.25) is 5.91 Å². The molecule has 1 aromatic rings. The second kappa shape index (κ2) is 11.9. The van der Waals surface area contributed by atoms with Crippen molar-refractivity contribution in [3.63, 3.8) is 0 Å². The minimum absolute atomic E-state index is 0. The monoisotopic (exact) mass is 380 g/mol. The van der Waals surface area contributed by atoms with Gasteiger partial charge < -0.3 is 20.5 Å². The molecule has 0 heterocycles. The highest BCUT2D eigenvalue weighted by Gasteiger charge is 2.16. The van der Waals surface area contributed by atoms with E-state index in [0.29, 0.717) is 30.3 Å². The smallest absolute Gasteiger partial charge is 0.387 e. The molecule has 0 aliphatic heterocycles. The first-order chi connectivity index (χ1) is 11.3. The molecule has 0 bridgehead atoms. The van der Waals surface area contributed by atoms with Gasteiger partial charge in [0.1, 0.15) is 11.5 Å². The second-order valence-corrected chi connectivity index (χ2v) is 5.95. The molecule has 0 saturated heterocycles. The first kappa shape index (κ1) is 23.4. The molecule has 1 amide bonds. The van der Waals surface area contributed by atoms with Gasteiger partial charge in [-0.3, -0.25) is 4.79 Å². The van der Waals surface area contributed by atoms with Gasteiger partial charge in [0, 0.05) is 18.2 Å². The average molecular weight is 381 g/mol. The van der Waals surface area contributed by atoms with E-state index >= 15 is 0 Å². The van der Waals surface area contributed by atoms with Crippen LogP contribution in [0.5, 0.6) is 11.5 Å². The molecular formula is C17H27ClF2N2O3. The summed E-state index contributed by atoms with van der Waals surface area (Å²) in [6.45, 7) is 3.47. The van der Waals surface area contributed by atoms with E-state index in [-0.39, 0.29) is 30.6 Å². The lowest BCUT2D eigenvalue weighted by atomic mass is 10.0. The minimum atomic E-state index is -2.95. The molecule has 8 heteroatoms. The summed E-state index contributed by atoms with van der Waals surface area (Å²) in [5.41, 5.74) is 6.23. The molecule has 3 N–H and O–H groups in total. The number of nitrogens with two attached hydrogens (primary N) is 1. The highest BCUT2D eigenvalue weighted by atomic mass is 35.5. The van der Waals surface area contributed by atoms with Crippen molar-refractivity contribution in [2.45, 2.75) is 52.8 Å². The van der Waals surface area contributed by atoms with Gasteiger partial charge in [-0.25, -0.2) is 0 Å². The SMILES string of the molecule is CCCOc1ccc(CNC(=O)[C@@H](N)CC(C)C)c(OC(F)F)c1.Cl. The summed E-state index contributed by atoms with van der Waals surface area (Å²) in [6.07, 6.45) is 1.35. The van der Waals surface area contributed by atoms with Gasteiger partial charge >= 0.3 is 6.61 Å². The maximum atomic E-state index is 12.6. The van der Waals surface area contributed by atoms with E-state index in [1.165, 1.54) is 6.07 Å². The molecule has 0 saturated carbocycles. The minimum Gasteiger partial charge on any atom is -0.493 e. The highest BCUT2D eigenvalue weighted by molar-refractivity contribution is 5.85. The molecule has 0 unspecified atom stereocenters. The molecule has 1 rings (SSSR count). The van der Waals surface area contributed by atoms with Crippen LogP contribution in [0.2, 0.25) is 0 Å². The average Bonchev–Trinajstić information content (AvgIpc) is 2.50. The van der Waals surface area contributed by atoms with Crippen molar-refractivity contribution < 1.29 is 23.0 Å². The zero-order valence-electron chi connectivity index (χ0n) is 14.8. The number of hydrogen-bond acceptors (Lipinski definition) is 4. The zero-order valence-corrected chi connectivity index (χ0v) is 15.6. The van der Waals surface area contributed by atoms with Crippen LogP contribution in [0.4, 0.5) is 8.78 Å². The molecule has 1 atom stereocenters. The van der Waals surface area contributed by atoms with Crippen molar-refractivity contribution in [2.24, 2.45) is 11.7 Å². The third kappa shape index (κ3) is 8.88. The van der Waals surface area contributed by atoms with E-state index in [1.807, 2.05) is 20.8 Å². The van der Waals surface area contributed by atoms with Crippen LogP contribution in [0.1, 0.15) is 39.2 Å². The van der Waals surface area contributed by atoms with Crippen LogP contribution in [0.15, 0.2) is 18.2 Å². The fourth-order valence-corrected chi connectivity index (χ4v) is 2.12. The van der Waals surface area contributed by atoms with Crippen LogP contribution in [0, 0.1) is 5.92 Å². The quantitative estimate of drug-likeness (QED) is 0.651. The number of ether oxygens (including phenoxy) is 2. The van der Waals surface area contributed by atoms with Gasteiger partial charge in [0.05, 0.1) is 12.6 Å². The largest absolute Gasteiger partial charge is 0.493 e. The molecular weight excluding hydrogens is 354 g/mol. The Morgan fingerprint density at radius 2 is 2.00 bits per heavy atom. The summed E-state index contributed by atoms with van der Waals surface area (Å²) in [4.78, 5) is 11.9. The topological polar surface area (TPSA) is 73.6 Å². The molecule has 1 aromatic carbocycles. The van der Waals surface area contributed by atoms with Gasteiger partial charge in [-0.2, -0.15) is 8.78 Å². The molecule has 144 valence electrons. The number of nitrogens with one attached hydrogen (secondary N) is 1. The fraction of sp³-hybridized carbons (Fsp3) is 0.588. The number of alkyl halides is 2. The van der Waals surface area contributed by atoms with E-state index in [1.54, 1.807) is 12.1 Å². The number of rotatable bonds is 10. The third-order valence-electron chi connectivity index (χ3n) is 3.24. The summed E-state index contributed by atoms with van der Waals surface area (Å²) in [5.74, 6) is 0.395. The molecule has 0 fully saturated rings. The van der Waals surface area contributed by atoms with Crippen molar-refractivity contribution in [1.82, 2.24) is 5.32 Å². The van der Waals surface area contributed by atoms with Crippen LogP contribution in [-0.2, 0) is 11.3 Å². The van der Waals surface area contributed by atoms with Gasteiger partial charge in [-0.05, 0) is 30.9 Å². The van der Waals surface area contributed by atoms with Crippen molar-refractivity contribution in [2.75, 3.05) is 6.61 Å². The van der Waals surface area contributed by atoms with Gasteiger partial charge in [0.15, 0.2) is 0 Å². The lowest BCUT2D eigenvalue weighted by molar-refractivity contribution is -0.122. The van der Waals surface area contributed by atoms with Crippen molar-refractivity contribution in [3.8, 4) is 11.5 Å². The van der Waals surface area contributed by atoms with Crippen LogP contribution in [-0.4, -0.2) is 25.2 Å². The predicted octanol–water partition coefficient (Wildman–Crippen LogP) is 3.49. The van der Waals surface area contributed by atoms with Crippen molar-refractivity contribution in [1.29, 1.82) is 0 Å². The van der Waals surface area contributed by atoms with Crippen molar-refractivity contribution in [3.05, 3.63) is 23.8 Å². The lowest BCUT2D eigenvalue weighted by Crippen LogP contribution is -2.41. The number of carbonyl (C=O) groups excluding carboxylic acids is 1. The van der Waals surface area contributed by atoms with E-state index in [4.69, 9.17) is 10.5 Å². The summed E-state index contributed by atoms with van der Waals surface area (Å²) in [6, 6.07) is 4.02. The number of carbonyl (C=O) groups is 1. The number of hydrogen-bond donors (Lipinski definition) is 2. The Balaban J connectivity index is 0.00000576. The van der Waals surface area contributed by atoms with Crippen LogP contribution < -0.4 is 20.5 Å². The normalized spacial score (nSPS) is 11.8. The van der Waals surface area contributed by atoms with E-state index in [0.717, 1.165) is 6.42 Å². The molecule has 0 spiro atoms. The number of benzene rings is 1. The number of amides is 1. The summed E-state index contributed by atoms with van der Waals surface area (Å²) < 4.78 is 35.1. The maximum absolute atomic E-state index is 12.6. The molecule has 0 aromatic heterocycles. The fourth-order valence-electron chi connectivity index (χ4n) is 2.12. The molecule has 0 aliphatic carbocycles. The second-order valence-electron chi connectivity index (χ2n) is 5.95. The first-order valence-corrected chi connectivity index (χ1v) is 8.07. The Morgan fingerprint density at radius 3 is 2.56 bits per heavy atom. The van der Waals surface area contributed by atoms with Gasteiger partial charge in [0.25, 0.3) is 0 Å². The maximum Gasteiger partial charge on any atom is 0.387 e. The van der Waals surface area contributed by atoms with Crippen LogP contribution in [0.25, 0.3) is 0 Å². The van der Waals surface area contributed by atoms with Crippen LogP contribution in [0.3, 0.4) is 0 Å². The van der Waals surface area contributed by atoms with E-state index in [9.17, 15) is 13.6 Å². The Bertz CT molecular complexity index is 531. The Labute approximate surface area is 153 Å². The predicted molar refractivity (Wildman–Crippen MR) is 95.4 cm³/mol. The molecule has 0 aliphatic rings.